The van der Waals surface area contributed by atoms with Gasteiger partial charge in [0.05, 0.1) is 10.6 Å². The Morgan fingerprint density at radius 1 is 1.15 bits per heavy atom. The van der Waals surface area contributed by atoms with Gasteiger partial charge in [0.2, 0.25) is 10.0 Å². The lowest BCUT2D eigenvalue weighted by molar-refractivity contribution is -0.118. The molecule has 0 aromatic heterocycles. The molecule has 7 heteroatoms. The molecule has 1 amide bonds. The zero-order valence-corrected chi connectivity index (χ0v) is 16.3. The first-order valence-corrected chi connectivity index (χ1v) is 11.4. The van der Waals surface area contributed by atoms with E-state index in [-0.39, 0.29) is 28.9 Å². The summed E-state index contributed by atoms with van der Waals surface area (Å²) in [5, 5.41) is 2.68. The summed E-state index contributed by atoms with van der Waals surface area (Å²) in [6.45, 7) is 1.99. The molecule has 27 heavy (non-hydrogen) atoms. The van der Waals surface area contributed by atoms with Crippen LogP contribution < -0.4 is 14.8 Å². The first kappa shape index (κ1) is 17.5. The third-order valence-corrected chi connectivity index (χ3v) is 8.77. The highest BCUT2D eigenvalue weighted by molar-refractivity contribution is 7.89. The number of hydrogen-bond acceptors (Lipinski definition) is 4. The molecule has 1 atom stereocenters. The van der Waals surface area contributed by atoms with Crippen LogP contribution in [0.3, 0.4) is 0 Å². The summed E-state index contributed by atoms with van der Waals surface area (Å²) in [7, 11) is -3.66. The molecule has 1 aromatic rings. The average Bonchev–Trinajstić information content (AvgIpc) is 2.59. The van der Waals surface area contributed by atoms with Crippen LogP contribution in [0.25, 0.3) is 0 Å². The van der Waals surface area contributed by atoms with Crippen molar-refractivity contribution in [3.05, 3.63) is 18.2 Å². The summed E-state index contributed by atoms with van der Waals surface area (Å²) >= 11 is 0. The molecule has 4 saturated carbocycles. The van der Waals surface area contributed by atoms with Gasteiger partial charge in [0.15, 0.2) is 6.61 Å². The number of fused-ring (bicyclic) bond motifs is 1. The van der Waals surface area contributed by atoms with Crippen molar-refractivity contribution in [2.24, 2.45) is 23.2 Å². The zero-order chi connectivity index (χ0) is 18.8. The number of anilines is 1. The molecule has 6 rings (SSSR count). The van der Waals surface area contributed by atoms with E-state index in [1.165, 1.54) is 25.3 Å². The van der Waals surface area contributed by atoms with Crippen molar-refractivity contribution in [3.63, 3.8) is 0 Å². The molecule has 5 aliphatic rings. The van der Waals surface area contributed by atoms with Gasteiger partial charge in [-0.05, 0) is 86.8 Å². The van der Waals surface area contributed by atoms with Gasteiger partial charge < -0.3 is 10.1 Å². The molecule has 1 aliphatic heterocycles. The Bertz CT molecular complexity index is 860. The van der Waals surface area contributed by atoms with Crippen molar-refractivity contribution >= 4 is 21.6 Å². The number of carbonyl (C=O) groups excluding carboxylic acids is 1. The largest absolute Gasteiger partial charge is 0.482 e. The fraction of sp³-hybridized carbons (Fsp3) is 0.650. The Balaban J connectivity index is 1.38. The van der Waals surface area contributed by atoms with E-state index in [2.05, 4.69) is 10.0 Å². The fourth-order valence-electron chi connectivity index (χ4n) is 6.36. The SMILES string of the molecule is CC(NS(=O)(=O)c1ccc2c(c1)NC(=O)CO2)C12CC3CC(CC(C3)C1)C2. The van der Waals surface area contributed by atoms with E-state index in [0.29, 0.717) is 11.4 Å². The number of carbonyl (C=O) groups is 1. The predicted molar refractivity (Wildman–Crippen MR) is 101 cm³/mol. The van der Waals surface area contributed by atoms with E-state index in [1.54, 1.807) is 12.1 Å². The molecule has 1 heterocycles. The Hall–Kier alpha value is -1.60. The van der Waals surface area contributed by atoms with E-state index >= 15 is 0 Å². The van der Waals surface area contributed by atoms with Crippen molar-refractivity contribution in [1.82, 2.24) is 4.72 Å². The Morgan fingerprint density at radius 3 is 2.41 bits per heavy atom. The maximum Gasteiger partial charge on any atom is 0.262 e. The molecule has 1 aromatic carbocycles. The number of amides is 1. The van der Waals surface area contributed by atoms with Crippen LogP contribution in [0, 0.1) is 23.2 Å². The molecule has 0 radical (unpaired) electrons. The molecule has 1 unspecified atom stereocenters. The second-order valence-corrected chi connectivity index (χ2v) is 10.8. The third kappa shape index (κ3) is 2.95. The normalized spacial score (nSPS) is 35.3. The van der Waals surface area contributed by atoms with Gasteiger partial charge in [0, 0.05) is 6.04 Å². The Labute approximate surface area is 160 Å². The monoisotopic (exact) mass is 390 g/mol. The second kappa shape index (κ2) is 5.95. The van der Waals surface area contributed by atoms with E-state index < -0.39 is 10.0 Å². The summed E-state index contributed by atoms with van der Waals surface area (Å²) < 4.78 is 34.4. The molecule has 4 bridgehead atoms. The zero-order valence-electron chi connectivity index (χ0n) is 15.5. The van der Waals surface area contributed by atoms with Crippen LogP contribution in [0.5, 0.6) is 5.75 Å². The smallest absolute Gasteiger partial charge is 0.262 e. The topological polar surface area (TPSA) is 84.5 Å². The Kier molecular flexibility index (Phi) is 3.85. The minimum absolute atomic E-state index is 0.0413. The first-order chi connectivity index (χ1) is 12.8. The second-order valence-electron chi connectivity index (χ2n) is 9.12. The fourth-order valence-corrected chi connectivity index (χ4v) is 7.73. The van der Waals surface area contributed by atoms with Crippen LogP contribution in [-0.2, 0) is 14.8 Å². The van der Waals surface area contributed by atoms with Crippen molar-refractivity contribution in [3.8, 4) is 5.75 Å². The van der Waals surface area contributed by atoms with Crippen LogP contribution in [0.1, 0.15) is 45.4 Å². The lowest BCUT2D eigenvalue weighted by atomic mass is 9.48. The quantitative estimate of drug-likeness (QED) is 0.828. The van der Waals surface area contributed by atoms with Crippen LogP contribution in [-0.4, -0.2) is 27.0 Å². The number of rotatable bonds is 4. The van der Waals surface area contributed by atoms with Gasteiger partial charge in [0.1, 0.15) is 5.75 Å². The minimum Gasteiger partial charge on any atom is -0.482 e. The number of nitrogens with one attached hydrogen (secondary N) is 2. The summed E-state index contributed by atoms with van der Waals surface area (Å²) in [5.41, 5.74) is 0.518. The van der Waals surface area contributed by atoms with Gasteiger partial charge >= 0.3 is 0 Å². The van der Waals surface area contributed by atoms with Gasteiger partial charge in [-0.1, -0.05) is 0 Å². The number of sulfonamides is 1. The molecular formula is C20H26N2O4S. The molecule has 6 nitrogen and oxygen atoms in total. The lowest BCUT2D eigenvalue weighted by Gasteiger charge is -2.59. The van der Waals surface area contributed by atoms with Crippen LogP contribution in [0.4, 0.5) is 5.69 Å². The van der Waals surface area contributed by atoms with Gasteiger partial charge in [-0.2, -0.15) is 0 Å². The number of hydrogen-bond donors (Lipinski definition) is 2. The van der Waals surface area contributed by atoms with E-state index in [9.17, 15) is 13.2 Å². The first-order valence-electron chi connectivity index (χ1n) is 9.92. The molecular weight excluding hydrogens is 364 g/mol. The molecule has 4 fully saturated rings. The van der Waals surface area contributed by atoms with Gasteiger partial charge in [-0.25, -0.2) is 13.1 Å². The van der Waals surface area contributed by atoms with E-state index in [4.69, 9.17) is 4.74 Å². The maximum absolute atomic E-state index is 13.0. The maximum atomic E-state index is 13.0. The van der Waals surface area contributed by atoms with Crippen molar-refractivity contribution in [1.29, 1.82) is 0 Å². The predicted octanol–water partition coefficient (Wildman–Crippen LogP) is 2.90. The van der Waals surface area contributed by atoms with Gasteiger partial charge in [-0.3, -0.25) is 4.79 Å². The molecule has 0 spiro atoms. The molecule has 146 valence electrons. The lowest BCUT2D eigenvalue weighted by Crippen LogP contribution is -2.55. The number of benzene rings is 1. The van der Waals surface area contributed by atoms with Crippen LogP contribution in [0.2, 0.25) is 0 Å². The van der Waals surface area contributed by atoms with Crippen molar-refractivity contribution in [2.75, 3.05) is 11.9 Å². The van der Waals surface area contributed by atoms with Gasteiger partial charge in [0.25, 0.3) is 5.91 Å². The highest BCUT2D eigenvalue weighted by Crippen LogP contribution is 2.61. The van der Waals surface area contributed by atoms with E-state index in [1.807, 2.05) is 6.92 Å². The van der Waals surface area contributed by atoms with Crippen molar-refractivity contribution < 1.29 is 17.9 Å². The summed E-state index contributed by atoms with van der Waals surface area (Å²) in [6, 6.07) is 4.56. The highest BCUT2D eigenvalue weighted by Gasteiger charge is 2.53. The van der Waals surface area contributed by atoms with Crippen LogP contribution >= 0.6 is 0 Å². The minimum atomic E-state index is -3.66. The van der Waals surface area contributed by atoms with Crippen LogP contribution in [0.15, 0.2) is 23.1 Å². The summed E-state index contributed by atoms with van der Waals surface area (Å²) in [5.74, 6) is 2.56. The third-order valence-electron chi connectivity index (χ3n) is 7.23. The molecule has 2 N–H and O–H groups in total. The molecule has 0 saturated heterocycles. The summed E-state index contributed by atoms with van der Waals surface area (Å²) in [4.78, 5) is 11.7. The van der Waals surface area contributed by atoms with Gasteiger partial charge in [-0.15, -0.1) is 0 Å². The number of ether oxygens (including phenoxy) is 1. The van der Waals surface area contributed by atoms with E-state index in [0.717, 1.165) is 37.0 Å². The standard InChI is InChI=1S/C20H26N2O4S/c1-12(20-8-13-4-14(9-20)6-15(5-13)10-20)22-27(24,25)16-2-3-18-17(7-16)21-19(23)11-26-18/h2-3,7,12-15,22H,4-6,8-11H2,1H3,(H,21,23). The average molecular weight is 391 g/mol. The van der Waals surface area contributed by atoms with Crippen molar-refractivity contribution in [2.45, 2.75) is 56.4 Å². The molecule has 4 aliphatic carbocycles. The summed E-state index contributed by atoms with van der Waals surface area (Å²) in [6.07, 6.45) is 7.46. The highest BCUT2D eigenvalue weighted by atomic mass is 32.2. The Morgan fingerprint density at radius 2 is 1.78 bits per heavy atom.